The van der Waals surface area contributed by atoms with Crippen molar-refractivity contribution in [2.45, 2.75) is 52.0 Å². The molecule has 2 aliphatic heterocycles. The molecule has 0 aromatic carbocycles. The van der Waals surface area contributed by atoms with E-state index in [-0.39, 0.29) is 23.8 Å². The van der Waals surface area contributed by atoms with Crippen molar-refractivity contribution < 1.29 is 14.4 Å². The Kier molecular flexibility index (Phi) is 5.51. The SMILES string of the molecule is CC(C)CC(=O)N1CCC(NC(=O)C2=NNC(=O)CC2)CC1. The second-order valence-electron chi connectivity index (χ2n) is 6.32. The van der Waals surface area contributed by atoms with E-state index in [1.54, 1.807) is 0 Å². The van der Waals surface area contributed by atoms with Crippen LogP contribution in [0.5, 0.6) is 0 Å². The number of carbonyl (C=O) groups is 3. The zero-order valence-corrected chi connectivity index (χ0v) is 13.2. The van der Waals surface area contributed by atoms with Gasteiger partial charge in [0.25, 0.3) is 5.91 Å². The van der Waals surface area contributed by atoms with Gasteiger partial charge in [-0.15, -0.1) is 0 Å². The summed E-state index contributed by atoms with van der Waals surface area (Å²) in [6.45, 7) is 5.43. The largest absolute Gasteiger partial charge is 0.348 e. The van der Waals surface area contributed by atoms with E-state index < -0.39 is 0 Å². The maximum absolute atomic E-state index is 12.1. The second-order valence-corrected chi connectivity index (χ2v) is 6.32. The van der Waals surface area contributed by atoms with Gasteiger partial charge in [0, 0.05) is 38.4 Å². The summed E-state index contributed by atoms with van der Waals surface area (Å²) in [4.78, 5) is 36.9. The van der Waals surface area contributed by atoms with Crippen molar-refractivity contribution in [1.29, 1.82) is 0 Å². The van der Waals surface area contributed by atoms with Crippen LogP contribution in [0, 0.1) is 5.92 Å². The zero-order chi connectivity index (χ0) is 16.1. The van der Waals surface area contributed by atoms with Crippen LogP contribution in [0.15, 0.2) is 5.10 Å². The number of hydrogen-bond donors (Lipinski definition) is 2. The minimum atomic E-state index is -0.216. The molecule has 2 aliphatic rings. The summed E-state index contributed by atoms with van der Waals surface area (Å²) >= 11 is 0. The number of piperidine rings is 1. The van der Waals surface area contributed by atoms with Crippen molar-refractivity contribution in [2.24, 2.45) is 11.0 Å². The molecule has 122 valence electrons. The first-order chi connectivity index (χ1) is 10.5. The van der Waals surface area contributed by atoms with Crippen LogP contribution in [0.25, 0.3) is 0 Å². The summed E-state index contributed by atoms with van der Waals surface area (Å²) in [6.07, 6.45) is 2.77. The molecule has 0 aromatic heterocycles. The van der Waals surface area contributed by atoms with Crippen molar-refractivity contribution in [3.63, 3.8) is 0 Å². The summed E-state index contributed by atoms with van der Waals surface area (Å²) in [5.41, 5.74) is 2.70. The molecule has 0 unspecified atom stereocenters. The summed E-state index contributed by atoms with van der Waals surface area (Å²) in [6, 6.07) is 0.0657. The molecule has 7 nitrogen and oxygen atoms in total. The molecule has 0 bridgehead atoms. The number of nitrogens with zero attached hydrogens (tertiary/aromatic N) is 2. The van der Waals surface area contributed by atoms with Crippen molar-refractivity contribution >= 4 is 23.4 Å². The Bertz CT molecular complexity index is 479. The number of amides is 3. The lowest BCUT2D eigenvalue weighted by molar-refractivity contribution is -0.133. The summed E-state index contributed by atoms with van der Waals surface area (Å²) in [5.74, 6) is 0.184. The fourth-order valence-corrected chi connectivity index (χ4v) is 2.66. The monoisotopic (exact) mass is 308 g/mol. The standard InChI is InChI=1S/C15H24N4O3/c1-10(2)9-14(21)19-7-5-11(6-8-19)16-15(22)12-3-4-13(20)18-17-12/h10-11H,3-9H2,1-2H3,(H,16,22)(H,18,20). The van der Waals surface area contributed by atoms with E-state index >= 15 is 0 Å². The van der Waals surface area contributed by atoms with Gasteiger partial charge in [-0.05, 0) is 18.8 Å². The number of carbonyl (C=O) groups excluding carboxylic acids is 3. The fourth-order valence-electron chi connectivity index (χ4n) is 2.66. The highest BCUT2D eigenvalue weighted by Gasteiger charge is 2.26. The van der Waals surface area contributed by atoms with Gasteiger partial charge in [0.1, 0.15) is 5.71 Å². The van der Waals surface area contributed by atoms with Crippen LogP contribution in [0.3, 0.4) is 0 Å². The topological polar surface area (TPSA) is 90.9 Å². The van der Waals surface area contributed by atoms with Crippen molar-refractivity contribution in [3.8, 4) is 0 Å². The van der Waals surface area contributed by atoms with Crippen LogP contribution in [-0.4, -0.2) is 47.5 Å². The molecule has 0 radical (unpaired) electrons. The van der Waals surface area contributed by atoms with Gasteiger partial charge < -0.3 is 10.2 Å². The summed E-state index contributed by atoms with van der Waals surface area (Å²) < 4.78 is 0. The molecular formula is C15H24N4O3. The number of hydrazone groups is 1. The van der Waals surface area contributed by atoms with Gasteiger partial charge in [-0.25, -0.2) is 5.43 Å². The normalized spacial score (nSPS) is 19.7. The van der Waals surface area contributed by atoms with E-state index in [0.29, 0.717) is 44.0 Å². The van der Waals surface area contributed by atoms with E-state index in [9.17, 15) is 14.4 Å². The van der Waals surface area contributed by atoms with E-state index in [2.05, 4.69) is 15.8 Å². The quantitative estimate of drug-likeness (QED) is 0.788. The Morgan fingerprint density at radius 1 is 1.32 bits per heavy atom. The van der Waals surface area contributed by atoms with E-state index in [1.165, 1.54) is 0 Å². The molecule has 1 saturated heterocycles. The van der Waals surface area contributed by atoms with Crippen molar-refractivity contribution in [1.82, 2.24) is 15.6 Å². The molecular weight excluding hydrogens is 284 g/mol. The number of rotatable bonds is 4. The lowest BCUT2D eigenvalue weighted by Crippen LogP contribution is -2.48. The third kappa shape index (κ3) is 4.54. The molecule has 2 rings (SSSR count). The molecule has 1 fully saturated rings. The molecule has 7 heteroatoms. The minimum absolute atomic E-state index is 0.0657. The molecule has 22 heavy (non-hydrogen) atoms. The Balaban J connectivity index is 1.76. The van der Waals surface area contributed by atoms with Gasteiger partial charge in [-0.2, -0.15) is 5.10 Å². The zero-order valence-electron chi connectivity index (χ0n) is 13.2. The first-order valence-corrected chi connectivity index (χ1v) is 7.89. The second kappa shape index (κ2) is 7.38. The van der Waals surface area contributed by atoms with Crippen LogP contribution >= 0.6 is 0 Å². The predicted molar refractivity (Wildman–Crippen MR) is 82.0 cm³/mol. The molecule has 0 aliphatic carbocycles. The predicted octanol–water partition coefficient (Wildman–Crippen LogP) is 0.406. The smallest absolute Gasteiger partial charge is 0.267 e. The van der Waals surface area contributed by atoms with Gasteiger partial charge in [0.15, 0.2) is 0 Å². The van der Waals surface area contributed by atoms with E-state index in [0.717, 1.165) is 12.8 Å². The summed E-state index contributed by atoms with van der Waals surface area (Å²) in [7, 11) is 0. The molecule has 3 amide bonds. The van der Waals surface area contributed by atoms with Crippen molar-refractivity contribution in [2.75, 3.05) is 13.1 Å². The molecule has 0 saturated carbocycles. The van der Waals surface area contributed by atoms with Gasteiger partial charge in [-0.1, -0.05) is 13.8 Å². The number of likely N-dealkylation sites (tertiary alicyclic amines) is 1. The van der Waals surface area contributed by atoms with E-state index in [1.807, 2.05) is 18.7 Å². The Morgan fingerprint density at radius 3 is 2.55 bits per heavy atom. The first-order valence-electron chi connectivity index (χ1n) is 7.89. The Morgan fingerprint density at radius 2 is 2.00 bits per heavy atom. The third-order valence-corrected chi connectivity index (χ3v) is 3.93. The lowest BCUT2D eigenvalue weighted by atomic mass is 10.0. The van der Waals surface area contributed by atoms with Crippen LogP contribution < -0.4 is 10.7 Å². The van der Waals surface area contributed by atoms with Crippen LogP contribution in [0.2, 0.25) is 0 Å². The van der Waals surface area contributed by atoms with Crippen LogP contribution in [0.4, 0.5) is 0 Å². The van der Waals surface area contributed by atoms with Crippen molar-refractivity contribution in [3.05, 3.63) is 0 Å². The minimum Gasteiger partial charge on any atom is -0.348 e. The highest BCUT2D eigenvalue weighted by molar-refractivity contribution is 6.39. The molecule has 2 heterocycles. The number of hydrogen-bond acceptors (Lipinski definition) is 4. The molecule has 2 N–H and O–H groups in total. The molecule has 0 aromatic rings. The molecule has 0 atom stereocenters. The Labute approximate surface area is 130 Å². The summed E-state index contributed by atoms with van der Waals surface area (Å²) in [5, 5.41) is 6.74. The average molecular weight is 308 g/mol. The third-order valence-electron chi connectivity index (χ3n) is 3.93. The van der Waals surface area contributed by atoms with Crippen LogP contribution in [-0.2, 0) is 14.4 Å². The maximum atomic E-state index is 12.1. The van der Waals surface area contributed by atoms with Crippen LogP contribution in [0.1, 0.15) is 46.0 Å². The Hall–Kier alpha value is -1.92. The maximum Gasteiger partial charge on any atom is 0.267 e. The number of nitrogens with one attached hydrogen (secondary N) is 2. The highest BCUT2D eigenvalue weighted by atomic mass is 16.2. The first kappa shape index (κ1) is 16.5. The van der Waals surface area contributed by atoms with E-state index in [4.69, 9.17) is 0 Å². The van der Waals surface area contributed by atoms with Gasteiger partial charge in [0.2, 0.25) is 11.8 Å². The van der Waals surface area contributed by atoms with Gasteiger partial charge in [0.05, 0.1) is 0 Å². The fraction of sp³-hybridized carbons (Fsp3) is 0.733. The molecule has 0 spiro atoms. The average Bonchev–Trinajstić information content (AvgIpc) is 2.48. The lowest BCUT2D eigenvalue weighted by Gasteiger charge is -2.33. The van der Waals surface area contributed by atoms with Gasteiger partial charge >= 0.3 is 0 Å². The highest BCUT2D eigenvalue weighted by Crippen LogP contribution is 2.14. The van der Waals surface area contributed by atoms with Gasteiger partial charge in [-0.3, -0.25) is 14.4 Å².